The standard InChI is InChI=1S/C24H23NO/c1-4-25-24(21-15-9-8-12-18(21)2)23-17-11-10-16-22(23)19(3)26-20-13-6-5-7-14-20/h4-17H,1-3H3/b22-19+,24-23-,25-4?. The van der Waals surface area contributed by atoms with Gasteiger partial charge in [0.25, 0.3) is 0 Å². The van der Waals surface area contributed by atoms with Crippen LogP contribution < -0.4 is 15.2 Å². The van der Waals surface area contributed by atoms with Gasteiger partial charge in [0, 0.05) is 22.2 Å². The van der Waals surface area contributed by atoms with E-state index in [1.165, 1.54) is 5.56 Å². The van der Waals surface area contributed by atoms with Crippen LogP contribution in [0.15, 0.2) is 83.9 Å². The Kier molecular flexibility index (Phi) is 5.65. The molecule has 0 aromatic heterocycles. The first-order valence-electron chi connectivity index (χ1n) is 8.78. The number of nitrogens with zero attached hydrogens (tertiary/aromatic N) is 1. The topological polar surface area (TPSA) is 21.6 Å². The number of ether oxygens (including phenoxy) is 1. The van der Waals surface area contributed by atoms with Crippen LogP contribution in [0.2, 0.25) is 0 Å². The van der Waals surface area contributed by atoms with Gasteiger partial charge in [0.05, 0.1) is 5.70 Å². The maximum Gasteiger partial charge on any atom is 0.126 e. The van der Waals surface area contributed by atoms with E-state index in [1.807, 2.05) is 74.7 Å². The molecule has 0 bridgehead atoms. The Hall–Kier alpha value is -3.13. The molecule has 0 aliphatic carbocycles. The minimum atomic E-state index is 0.830. The van der Waals surface area contributed by atoms with Crippen molar-refractivity contribution in [2.75, 3.05) is 0 Å². The molecule has 0 fully saturated rings. The molecular weight excluding hydrogens is 318 g/mol. The van der Waals surface area contributed by atoms with Gasteiger partial charge >= 0.3 is 0 Å². The lowest BCUT2D eigenvalue weighted by molar-refractivity contribution is 0.503. The van der Waals surface area contributed by atoms with E-state index in [0.29, 0.717) is 0 Å². The first-order valence-corrected chi connectivity index (χ1v) is 8.78. The van der Waals surface area contributed by atoms with Gasteiger partial charge in [-0.25, -0.2) is 0 Å². The minimum Gasteiger partial charge on any atom is -0.461 e. The number of hydrogen-bond donors (Lipinski definition) is 0. The molecule has 3 rings (SSSR count). The molecule has 0 radical (unpaired) electrons. The maximum atomic E-state index is 6.09. The molecule has 0 spiro atoms. The Morgan fingerprint density at radius 2 is 1.42 bits per heavy atom. The van der Waals surface area contributed by atoms with Crippen molar-refractivity contribution in [3.63, 3.8) is 0 Å². The minimum absolute atomic E-state index is 0.830. The van der Waals surface area contributed by atoms with Crippen LogP contribution in [0.1, 0.15) is 25.0 Å². The highest BCUT2D eigenvalue weighted by atomic mass is 16.5. The zero-order chi connectivity index (χ0) is 18.4. The van der Waals surface area contributed by atoms with Crippen LogP contribution in [0.25, 0.3) is 11.5 Å². The molecule has 0 N–H and O–H groups in total. The van der Waals surface area contributed by atoms with E-state index in [1.54, 1.807) is 0 Å². The summed E-state index contributed by atoms with van der Waals surface area (Å²) in [7, 11) is 0. The van der Waals surface area contributed by atoms with Crippen molar-refractivity contribution in [1.29, 1.82) is 0 Å². The van der Waals surface area contributed by atoms with Crippen LogP contribution >= 0.6 is 0 Å². The third-order valence-electron chi connectivity index (χ3n) is 4.23. The number of para-hydroxylation sites is 1. The van der Waals surface area contributed by atoms with Gasteiger partial charge in [-0.05, 0) is 38.5 Å². The van der Waals surface area contributed by atoms with Gasteiger partial charge in [0.2, 0.25) is 0 Å². The lowest BCUT2D eigenvalue weighted by Gasteiger charge is -2.09. The third-order valence-corrected chi connectivity index (χ3v) is 4.23. The average molecular weight is 341 g/mol. The van der Waals surface area contributed by atoms with Gasteiger partial charge in [-0.2, -0.15) is 0 Å². The quantitative estimate of drug-likeness (QED) is 0.643. The zero-order valence-corrected chi connectivity index (χ0v) is 15.4. The number of hydrogen-bond acceptors (Lipinski definition) is 2. The molecule has 0 atom stereocenters. The van der Waals surface area contributed by atoms with E-state index in [-0.39, 0.29) is 0 Å². The van der Waals surface area contributed by atoms with E-state index >= 15 is 0 Å². The van der Waals surface area contributed by atoms with Crippen molar-refractivity contribution in [2.24, 2.45) is 4.99 Å². The number of aryl methyl sites for hydroxylation is 1. The summed E-state index contributed by atoms with van der Waals surface area (Å²) in [6.07, 6.45) is 1.84. The van der Waals surface area contributed by atoms with Crippen molar-refractivity contribution < 1.29 is 4.74 Å². The van der Waals surface area contributed by atoms with Gasteiger partial charge in [0.15, 0.2) is 0 Å². The van der Waals surface area contributed by atoms with Crippen LogP contribution in [-0.2, 0) is 0 Å². The van der Waals surface area contributed by atoms with Crippen molar-refractivity contribution in [2.45, 2.75) is 20.8 Å². The van der Waals surface area contributed by atoms with Crippen molar-refractivity contribution in [3.05, 3.63) is 100 Å². The summed E-state index contributed by atoms with van der Waals surface area (Å²) in [5.74, 6) is 1.68. The fourth-order valence-electron chi connectivity index (χ4n) is 2.97. The Labute approximate surface area is 154 Å². The molecule has 2 nitrogen and oxygen atoms in total. The fourth-order valence-corrected chi connectivity index (χ4v) is 2.97. The molecule has 26 heavy (non-hydrogen) atoms. The summed E-state index contributed by atoms with van der Waals surface area (Å²) >= 11 is 0. The van der Waals surface area contributed by atoms with Crippen molar-refractivity contribution >= 4 is 17.7 Å². The van der Waals surface area contributed by atoms with Crippen molar-refractivity contribution in [1.82, 2.24) is 0 Å². The molecular formula is C24H23NO. The lowest BCUT2D eigenvalue weighted by Crippen LogP contribution is -2.30. The molecule has 2 heteroatoms. The summed E-state index contributed by atoms with van der Waals surface area (Å²) in [4.78, 5) is 4.70. The van der Waals surface area contributed by atoms with Gasteiger partial charge in [-0.1, -0.05) is 66.7 Å². The highest BCUT2D eigenvalue weighted by Crippen LogP contribution is 2.17. The molecule has 0 aliphatic heterocycles. The van der Waals surface area contributed by atoms with Gasteiger partial charge in [-0.15, -0.1) is 0 Å². The second-order valence-corrected chi connectivity index (χ2v) is 6.07. The molecule has 0 unspecified atom stereocenters. The van der Waals surface area contributed by atoms with Crippen LogP contribution in [0.4, 0.5) is 0 Å². The van der Waals surface area contributed by atoms with Gasteiger partial charge in [-0.3, -0.25) is 4.99 Å². The fraction of sp³-hybridized carbons (Fsp3) is 0.125. The summed E-state index contributed by atoms with van der Waals surface area (Å²) in [6.45, 7) is 6.05. The van der Waals surface area contributed by atoms with E-state index in [2.05, 4.69) is 31.2 Å². The SMILES string of the molecule is CC=N/C(c1ccccc1C)=c1/cccc/c1=C(/C)Oc1ccccc1. The highest BCUT2D eigenvalue weighted by Gasteiger charge is 2.06. The van der Waals surface area contributed by atoms with Crippen LogP contribution in [0, 0.1) is 6.92 Å². The largest absolute Gasteiger partial charge is 0.461 e. The Morgan fingerprint density at radius 1 is 0.808 bits per heavy atom. The number of aliphatic imine (C=N–C) groups is 1. The molecule has 0 aliphatic rings. The normalized spacial score (nSPS) is 13.5. The summed E-state index contributed by atoms with van der Waals surface area (Å²) in [5, 5.41) is 2.11. The van der Waals surface area contributed by atoms with E-state index in [0.717, 1.165) is 33.2 Å². The highest BCUT2D eigenvalue weighted by molar-refractivity contribution is 5.74. The molecule has 0 heterocycles. The van der Waals surface area contributed by atoms with Gasteiger partial charge < -0.3 is 4.74 Å². The predicted molar refractivity (Wildman–Crippen MR) is 110 cm³/mol. The Morgan fingerprint density at radius 3 is 2.12 bits per heavy atom. The molecule has 3 aromatic rings. The number of rotatable bonds is 4. The second kappa shape index (κ2) is 8.30. The van der Waals surface area contributed by atoms with Crippen LogP contribution in [0.3, 0.4) is 0 Å². The van der Waals surface area contributed by atoms with E-state index < -0.39 is 0 Å². The number of benzene rings is 3. The van der Waals surface area contributed by atoms with E-state index in [9.17, 15) is 0 Å². The van der Waals surface area contributed by atoms with Gasteiger partial charge in [0.1, 0.15) is 11.5 Å². The molecule has 3 aromatic carbocycles. The first-order chi connectivity index (χ1) is 12.7. The molecule has 0 saturated carbocycles. The summed E-state index contributed by atoms with van der Waals surface area (Å²) in [6, 6.07) is 26.4. The third kappa shape index (κ3) is 3.92. The molecule has 130 valence electrons. The summed E-state index contributed by atoms with van der Waals surface area (Å²) in [5.41, 5.74) is 3.28. The maximum absolute atomic E-state index is 6.09. The smallest absolute Gasteiger partial charge is 0.126 e. The van der Waals surface area contributed by atoms with Crippen LogP contribution in [0.5, 0.6) is 5.75 Å². The van der Waals surface area contributed by atoms with Crippen LogP contribution in [-0.4, -0.2) is 6.21 Å². The lowest BCUT2D eigenvalue weighted by atomic mass is 10.0. The molecule has 0 amide bonds. The zero-order valence-electron chi connectivity index (χ0n) is 15.4. The summed E-state index contributed by atoms with van der Waals surface area (Å²) < 4.78 is 6.09. The Balaban J connectivity index is 2.29. The first kappa shape index (κ1) is 17.7. The van der Waals surface area contributed by atoms with Crippen molar-refractivity contribution in [3.8, 4) is 5.75 Å². The van der Waals surface area contributed by atoms with E-state index in [4.69, 9.17) is 9.73 Å². The second-order valence-electron chi connectivity index (χ2n) is 6.07. The Bertz CT molecular complexity index is 1030. The molecule has 0 saturated heterocycles. The predicted octanol–water partition coefficient (Wildman–Crippen LogP) is 4.45. The monoisotopic (exact) mass is 341 g/mol. The average Bonchev–Trinajstić information content (AvgIpc) is 2.68.